The molecule has 1 aromatic heterocycles. The SMILES string of the molecule is COC=C(C(=O)OC)N(C)c1cc(-c2cccc(OC)c2)ncn1. The molecule has 0 unspecified atom stereocenters. The van der Waals surface area contributed by atoms with Gasteiger partial charge in [0.05, 0.1) is 27.0 Å². The van der Waals surface area contributed by atoms with Crippen LogP contribution in [0.5, 0.6) is 5.75 Å². The summed E-state index contributed by atoms with van der Waals surface area (Å²) in [4.78, 5) is 21.9. The molecule has 0 fully saturated rings. The van der Waals surface area contributed by atoms with E-state index >= 15 is 0 Å². The first-order chi connectivity index (χ1) is 11.6. The predicted octanol–water partition coefficient (Wildman–Crippen LogP) is 2.25. The van der Waals surface area contributed by atoms with Crippen molar-refractivity contribution in [1.82, 2.24) is 9.97 Å². The zero-order valence-corrected chi connectivity index (χ0v) is 14.0. The van der Waals surface area contributed by atoms with Gasteiger partial charge in [-0.25, -0.2) is 14.8 Å². The Balaban J connectivity index is 2.38. The quantitative estimate of drug-likeness (QED) is 0.457. The molecule has 0 spiro atoms. The smallest absolute Gasteiger partial charge is 0.357 e. The molecule has 0 bridgehead atoms. The van der Waals surface area contributed by atoms with Gasteiger partial charge in [0.2, 0.25) is 0 Å². The molecule has 2 aromatic rings. The lowest BCUT2D eigenvalue weighted by atomic mass is 10.1. The summed E-state index contributed by atoms with van der Waals surface area (Å²) in [5, 5.41) is 0. The molecular formula is C17H19N3O4. The van der Waals surface area contributed by atoms with E-state index in [1.54, 1.807) is 25.1 Å². The van der Waals surface area contributed by atoms with Crippen LogP contribution in [0.25, 0.3) is 11.3 Å². The Kier molecular flexibility index (Phi) is 5.73. The van der Waals surface area contributed by atoms with Gasteiger partial charge in [-0.1, -0.05) is 12.1 Å². The van der Waals surface area contributed by atoms with Crippen LogP contribution in [0, 0.1) is 0 Å². The van der Waals surface area contributed by atoms with Gasteiger partial charge in [-0.2, -0.15) is 0 Å². The van der Waals surface area contributed by atoms with Crippen molar-refractivity contribution in [3.63, 3.8) is 0 Å². The van der Waals surface area contributed by atoms with Crippen LogP contribution in [-0.2, 0) is 14.3 Å². The number of ether oxygens (including phenoxy) is 3. The monoisotopic (exact) mass is 329 g/mol. The van der Waals surface area contributed by atoms with Crippen molar-refractivity contribution in [2.45, 2.75) is 0 Å². The molecule has 0 aliphatic carbocycles. The molecule has 0 amide bonds. The zero-order valence-electron chi connectivity index (χ0n) is 14.0. The van der Waals surface area contributed by atoms with E-state index in [4.69, 9.17) is 14.2 Å². The highest BCUT2D eigenvalue weighted by Crippen LogP contribution is 2.25. The van der Waals surface area contributed by atoms with Crippen LogP contribution >= 0.6 is 0 Å². The Hall–Kier alpha value is -3.09. The third kappa shape index (κ3) is 3.81. The Bertz CT molecular complexity index is 746. The Labute approximate surface area is 140 Å². The number of nitrogens with zero attached hydrogens (tertiary/aromatic N) is 3. The number of rotatable bonds is 6. The molecular weight excluding hydrogens is 310 g/mol. The fraction of sp³-hybridized carbons (Fsp3) is 0.235. The van der Waals surface area contributed by atoms with Crippen LogP contribution in [0.15, 0.2) is 48.6 Å². The summed E-state index contributed by atoms with van der Waals surface area (Å²) in [6, 6.07) is 9.29. The van der Waals surface area contributed by atoms with Crippen molar-refractivity contribution >= 4 is 11.8 Å². The van der Waals surface area contributed by atoms with Crippen LogP contribution < -0.4 is 9.64 Å². The van der Waals surface area contributed by atoms with Crippen molar-refractivity contribution in [1.29, 1.82) is 0 Å². The normalized spacial score (nSPS) is 10.9. The molecule has 7 nitrogen and oxygen atoms in total. The van der Waals surface area contributed by atoms with Gasteiger partial charge in [-0.15, -0.1) is 0 Å². The summed E-state index contributed by atoms with van der Waals surface area (Å²) in [6.07, 6.45) is 2.74. The zero-order chi connectivity index (χ0) is 17.5. The van der Waals surface area contributed by atoms with Crippen LogP contribution in [-0.4, -0.2) is 44.3 Å². The van der Waals surface area contributed by atoms with Crippen molar-refractivity contribution in [3.05, 3.63) is 48.6 Å². The number of esters is 1. The van der Waals surface area contributed by atoms with E-state index in [1.165, 1.54) is 26.8 Å². The van der Waals surface area contributed by atoms with E-state index < -0.39 is 5.97 Å². The van der Waals surface area contributed by atoms with Gasteiger partial charge >= 0.3 is 5.97 Å². The molecule has 0 aliphatic rings. The lowest BCUT2D eigenvalue weighted by Gasteiger charge is -2.19. The van der Waals surface area contributed by atoms with Gasteiger partial charge in [0, 0.05) is 18.7 Å². The minimum atomic E-state index is -0.527. The standard InChI is InChI=1S/C17H19N3O4/c1-20(15(10-22-2)17(21)24-4)16-9-14(18-11-19-16)12-6-5-7-13(8-12)23-3/h5-11H,1-4H3. The summed E-state index contributed by atoms with van der Waals surface area (Å²) >= 11 is 0. The highest BCUT2D eigenvalue weighted by atomic mass is 16.5. The van der Waals surface area contributed by atoms with Crippen LogP contribution in [0.2, 0.25) is 0 Å². The third-order valence-electron chi connectivity index (χ3n) is 3.35. The van der Waals surface area contributed by atoms with Gasteiger partial charge in [0.15, 0.2) is 5.70 Å². The van der Waals surface area contributed by atoms with E-state index in [0.29, 0.717) is 11.5 Å². The summed E-state index contributed by atoms with van der Waals surface area (Å²) in [5.41, 5.74) is 1.80. The van der Waals surface area contributed by atoms with E-state index in [9.17, 15) is 4.79 Å². The minimum absolute atomic E-state index is 0.218. The summed E-state index contributed by atoms with van der Waals surface area (Å²) in [5.74, 6) is 0.730. The largest absolute Gasteiger partial charge is 0.502 e. The first kappa shape index (κ1) is 17.3. The molecule has 2 rings (SSSR count). The van der Waals surface area contributed by atoms with Gasteiger partial charge in [-0.05, 0) is 12.1 Å². The first-order valence-corrected chi connectivity index (χ1v) is 7.12. The second kappa shape index (κ2) is 7.96. The van der Waals surface area contributed by atoms with E-state index in [2.05, 4.69) is 9.97 Å². The van der Waals surface area contributed by atoms with Crippen molar-refractivity contribution in [3.8, 4) is 17.0 Å². The molecule has 0 saturated carbocycles. The van der Waals surface area contributed by atoms with Gasteiger partial charge in [0.25, 0.3) is 0 Å². The summed E-state index contributed by atoms with van der Waals surface area (Å²) < 4.78 is 14.9. The molecule has 0 N–H and O–H groups in total. The topological polar surface area (TPSA) is 73.8 Å². The number of hydrogen-bond acceptors (Lipinski definition) is 7. The van der Waals surface area contributed by atoms with Crippen molar-refractivity contribution in [2.24, 2.45) is 0 Å². The average Bonchev–Trinajstić information content (AvgIpc) is 2.65. The van der Waals surface area contributed by atoms with E-state index in [0.717, 1.165) is 11.3 Å². The highest BCUT2D eigenvalue weighted by molar-refractivity contribution is 5.92. The van der Waals surface area contributed by atoms with Crippen molar-refractivity contribution in [2.75, 3.05) is 33.3 Å². The molecule has 1 aromatic carbocycles. The maximum absolute atomic E-state index is 11.9. The highest BCUT2D eigenvalue weighted by Gasteiger charge is 2.18. The Morgan fingerprint density at radius 3 is 2.62 bits per heavy atom. The lowest BCUT2D eigenvalue weighted by molar-refractivity contribution is -0.136. The summed E-state index contributed by atoms with van der Waals surface area (Å²) in [7, 11) is 6.07. The predicted molar refractivity (Wildman–Crippen MR) is 89.5 cm³/mol. The average molecular weight is 329 g/mol. The third-order valence-corrected chi connectivity index (χ3v) is 3.35. The molecule has 24 heavy (non-hydrogen) atoms. The van der Waals surface area contributed by atoms with Crippen LogP contribution in [0.1, 0.15) is 0 Å². The number of hydrogen-bond donors (Lipinski definition) is 0. The first-order valence-electron chi connectivity index (χ1n) is 7.12. The minimum Gasteiger partial charge on any atom is -0.502 e. The maximum atomic E-state index is 11.9. The second-order valence-electron chi connectivity index (χ2n) is 4.78. The number of carbonyl (C=O) groups is 1. The molecule has 1 heterocycles. The number of anilines is 1. The molecule has 0 saturated heterocycles. The van der Waals surface area contributed by atoms with Crippen LogP contribution in [0.4, 0.5) is 5.82 Å². The van der Waals surface area contributed by atoms with Crippen LogP contribution in [0.3, 0.4) is 0 Å². The van der Waals surface area contributed by atoms with E-state index in [-0.39, 0.29) is 5.70 Å². The van der Waals surface area contributed by atoms with E-state index in [1.807, 2.05) is 24.3 Å². The lowest BCUT2D eigenvalue weighted by Crippen LogP contribution is -2.25. The molecule has 0 aliphatic heterocycles. The number of aromatic nitrogens is 2. The maximum Gasteiger partial charge on any atom is 0.357 e. The van der Waals surface area contributed by atoms with Crippen molar-refractivity contribution < 1.29 is 19.0 Å². The molecule has 7 heteroatoms. The number of benzene rings is 1. The molecule has 0 radical (unpaired) electrons. The fourth-order valence-corrected chi connectivity index (χ4v) is 2.07. The molecule has 126 valence electrons. The Morgan fingerprint density at radius 2 is 1.96 bits per heavy atom. The summed E-state index contributed by atoms with van der Waals surface area (Å²) in [6.45, 7) is 0. The van der Waals surface area contributed by atoms with Gasteiger partial charge in [0.1, 0.15) is 24.2 Å². The number of likely N-dealkylation sites (N-methyl/N-ethyl adjacent to an activating group) is 1. The number of carbonyl (C=O) groups excluding carboxylic acids is 1. The number of methoxy groups -OCH3 is 3. The molecule has 0 atom stereocenters. The van der Waals surface area contributed by atoms with Gasteiger partial charge in [-0.3, -0.25) is 0 Å². The van der Waals surface area contributed by atoms with Gasteiger partial charge < -0.3 is 19.1 Å². The second-order valence-corrected chi connectivity index (χ2v) is 4.78. The Morgan fingerprint density at radius 1 is 1.17 bits per heavy atom. The fourth-order valence-electron chi connectivity index (χ4n) is 2.07.